The van der Waals surface area contributed by atoms with E-state index in [4.69, 9.17) is 0 Å². The molecule has 3 heteroatoms. The lowest BCUT2D eigenvalue weighted by Crippen LogP contribution is -2.42. The Bertz CT molecular complexity index is 460. The number of rotatable bonds is 3. The largest absolute Gasteiger partial charge is 0.349 e. The standard InChI is InChI=1S/C17H24FNO/c1-12-8-10-17(3,11-9-12)16(20)19-13(2)14-4-6-15(18)7-5-14/h4-7,12-13H,8-11H2,1-3H3,(H,19,20)/t12?,13-,17?/m1/s1. The van der Waals surface area contributed by atoms with Gasteiger partial charge in [0.2, 0.25) is 5.91 Å². The number of carbonyl (C=O) groups excluding carboxylic acids is 1. The fraction of sp³-hybridized carbons (Fsp3) is 0.588. The highest BCUT2D eigenvalue weighted by atomic mass is 19.1. The van der Waals surface area contributed by atoms with Crippen molar-refractivity contribution in [2.24, 2.45) is 11.3 Å². The van der Waals surface area contributed by atoms with Gasteiger partial charge in [-0.25, -0.2) is 4.39 Å². The van der Waals surface area contributed by atoms with Crippen molar-refractivity contribution in [2.75, 3.05) is 0 Å². The van der Waals surface area contributed by atoms with Gasteiger partial charge in [0.15, 0.2) is 0 Å². The first-order valence-corrected chi connectivity index (χ1v) is 7.47. The maximum atomic E-state index is 12.9. The predicted octanol–water partition coefficient (Wildman–Crippen LogP) is 4.22. The van der Waals surface area contributed by atoms with Gasteiger partial charge in [0.05, 0.1) is 6.04 Å². The summed E-state index contributed by atoms with van der Waals surface area (Å²) >= 11 is 0. The van der Waals surface area contributed by atoms with Gasteiger partial charge in [0, 0.05) is 5.41 Å². The van der Waals surface area contributed by atoms with Crippen molar-refractivity contribution in [1.82, 2.24) is 5.32 Å². The third-order valence-corrected chi connectivity index (χ3v) is 4.64. The molecule has 20 heavy (non-hydrogen) atoms. The summed E-state index contributed by atoms with van der Waals surface area (Å²) in [5.41, 5.74) is 0.688. The highest BCUT2D eigenvalue weighted by Gasteiger charge is 2.36. The third-order valence-electron chi connectivity index (χ3n) is 4.64. The summed E-state index contributed by atoms with van der Waals surface area (Å²) in [6.07, 6.45) is 4.15. The molecule has 1 aliphatic rings. The van der Waals surface area contributed by atoms with E-state index in [0.717, 1.165) is 37.2 Å². The summed E-state index contributed by atoms with van der Waals surface area (Å²) in [6.45, 7) is 6.25. The van der Waals surface area contributed by atoms with Gasteiger partial charge >= 0.3 is 0 Å². The smallest absolute Gasteiger partial charge is 0.226 e. The monoisotopic (exact) mass is 277 g/mol. The number of hydrogen-bond donors (Lipinski definition) is 1. The quantitative estimate of drug-likeness (QED) is 0.880. The zero-order valence-electron chi connectivity index (χ0n) is 12.6. The molecule has 110 valence electrons. The van der Waals surface area contributed by atoms with Crippen molar-refractivity contribution in [3.63, 3.8) is 0 Å². The Balaban J connectivity index is 1.98. The second kappa shape index (κ2) is 5.94. The molecule has 0 bridgehead atoms. The average Bonchev–Trinajstić information content (AvgIpc) is 2.43. The molecule has 1 amide bonds. The highest BCUT2D eigenvalue weighted by Crippen LogP contribution is 2.39. The van der Waals surface area contributed by atoms with Crippen molar-refractivity contribution >= 4 is 5.91 Å². The molecule has 0 heterocycles. The van der Waals surface area contributed by atoms with Gasteiger partial charge in [-0.2, -0.15) is 0 Å². The summed E-state index contributed by atoms with van der Waals surface area (Å²) in [5.74, 6) is 0.604. The first-order chi connectivity index (χ1) is 9.40. The lowest BCUT2D eigenvalue weighted by molar-refractivity contribution is -0.133. The van der Waals surface area contributed by atoms with Gasteiger partial charge in [0.25, 0.3) is 0 Å². The van der Waals surface area contributed by atoms with Crippen molar-refractivity contribution < 1.29 is 9.18 Å². The lowest BCUT2D eigenvalue weighted by atomic mass is 9.71. The van der Waals surface area contributed by atoms with Crippen LogP contribution in [-0.4, -0.2) is 5.91 Å². The van der Waals surface area contributed by atoms with Crippen LogP contribution in [0.4, 0.5) is 4.39 Å². The van der Waals surface area contributed by atoms with Crippen LogP contribution in [0.5, 0.6) is 0 Å². The van der Waals surface area contributed by atoms with Crippen LogP contribution < -0.4 is 5.32 Å². The molecule has 2 rings (SSSR count). The second-order valence-electron chi connectivity index (χ2n) is 6.49. The molecule has 0 saturated heterocycles. The number of benzene rings is 1. The molecular formula is C17H24FNO. The number of halogens is 1. The van der Waals surface area contributed by atoms with E-state index in [1.54, 1.807) is 12.1 Å². The van der Waals surface area contributed by atoms with E-state index in [-0.39, 0.29) is 23.2 Å². The lowest BCUT2D eigenvalue weighted by Gasteiger charge is -2.35. The molecular weight excluding hydrogens is 253 g/mol. The Labute approximate surface area is 120 Å². The van der Waals surface area contributed by atoms with E-state index in [9.17, 15) is 9.18 Å². The summed E-state index contributed by atoms with van der Waals surface area (Å²) in [6, 6.07) is 6.24. The SMILES string of the molecule is CC1CCC(C)(C(=O)N[C@H](C)c2ccc(F)cc2)CC1. The number of amides is 1. The van der Waals surface area contributed by atoms with Gasteiger partial charge in [-0.3, -0.25) is 4.79 Å². The minimum Gasteiger partial charge on any atom is -0.349 e. The summed E-state index contributed by atoms with van der Waals surface area (Å²) in [5, 5.41) is 3.08. The van der Waals surface area contributed by atoms with Gasteiger partial charge in [-0.15, -0.1) is 0 Å². The van der Waals surface area contributed by atoms with Gasteiger partial charge in [-0.1, -0.05) is 26.0 Å². The summed E-state index contributed by atoms with van der Waals surface area (Å²) in [4.78, 5) is 12.5. The van der Waals surface area contributed by atoms with E-state index >= 15 is 0 Å². The van der Waals surface area contributed by atoms with Crippen molar-refractivity contribution in [2.45, 2.75) is 52.5 Å². The molecule has 0 aromatic heterocycles. The Morgan fingerprint density at radius 2 is 1.85 bits per heavy atom. The Morgan fingerprint density at radius 1 is 1.30 bits per heavy atom. The maximum absolute atomic E-state index is 12.9. The van der Waals surface area contributed by atoms with Crippen LogP contribution in [0.3, 0.4) is 0 Å². The number of nitrogens with one attached hydrogen (secondary N) is 1. The Hall–Kier alpha value is -1.38. The van der Waals surface area contributed by atoms with Crippen LogP contribution in [0, 0.1) is 17.2 Å². The van der Waals surface area contributed by atoms with E-state index < -0.39 is 0 Å². The van der Waals surface area contributed by atoms with Gasteiger partial charge < -0.3 is 5.32 Å². The fourth-order valence-corrected chi connectivity index (χ4v) is 2.83. The fourth-order valence-electron chi connectivity index (χ4n) is 2.83. The minimum atomic E-state index is -0.250. The highest BCUT2D eigenvalue weighted by molar-refractivity contribution is 5.82. The molecule has 1 aromatic rings. The molecule has 0 aliphatic heterocycles. The second-order valence-corrected chi connectivity index (χ2v) is 6.49. The molecule has 1 aliphatic carbocycles. The van der Waals surface area contributed by atoms with E-state index in [1.807, 2.05) is 6.92 Å². The zero-order valence-corrected chi connectivity index (χ0v) is 12.6. The van der Waals surface area contributed by atoms with Crippen LogP contribution in [0.2, 0.25) is 0 Å². The normalized spacial score (nSPS) is 27.9. The van der Waals surface area contributed by atoms with Crippen LogP contribution in [-0.2, 0) is 4.79 Å². The predicted molar refractivity (Wildman–Crippen MR) is 78.7 cm³/mol. The van der Waals surface area contributed by atoms with Gasteiger partial charge in [0.1, 0.15) is 5.82 Å². The molecule has 1 N–H and O–H groups in total. The molecule has 1 saturated carbocycles. The first-order valence-electron chi connectivity index (χ1n) is 7.47. The summed E-state index contributed by atoms with van der Waals surface area (Å²) < 4.78 is 12.9. The molecule has 1 aromatic carbocycles. The van der Waals surface area contributed by atoms with Crippen molar-refractivity contribution in [3.05, 3.63) is 35.6 Å². The van der Waals surface area contributed by atoms with E-state index in [2.05, 4.69) is 19.2 Å². The minimum absolute atomic E-state index is 0.0840. The van der Waals surface area contributed by atoms with E-state index in [1.165, 1.54) is 12.1 Å². The van der Waals surface area contributed by atoms with Gasteiger partial charge in [-0.05, 0) is 56.2 Å². The van der Waals surface area contributed by atoms with Crippen LogP contribution >= 0.6 is 0 Å². The van der Waals surface area contributed by atoms with Crippen molar-refractivity contribution in [3.8, 4) is 0 Å². The first kappa shape index (κ1) is 15.0. The third kappa shape index (κ3) is 3.38. The van der Waals surface area contributed by atoms with Crippen LogP contribution in [0.15, 0.2) is 24.3 Å². The molecule has 1 atom stereocenters. The molecule has 1 fully saturated rings. The van der Waals surface area contributed by atoms with Crippen LogP contribution in [0.25, 0.3) is 0 Å². The Morgan fingerprint density at radius 3 is 2.40 bits per heavy atom. The topological polar surface area (TPSA) is 29.1 Å². The molecule has 0 radical (unpaired) electrons. The zero-order chi connectivity index (χ0) is 14.8. The molecule has 0 unspecified atom stereocenters. The van der Waals surface area contributed by atoms with Crippen LogP contribution in [0.1, 0.15) is 58.1 Å². The van der Waals surface area contributed by atoms with Crippen molar-refractivity contribution in [1.29, 1.82) is 0 Å². The molecule has 2 nitrogen and oxygen atoms in total. The Kier molecular flexibility index (Phi) is 4.46. The summed E-state index contributed by atoms with van der Waals surface area (Å²) in [7, 11) is 0. The van der Waals surface area contributed by atoms with E-state index in [0.29, 0.717) is 0 Å². The maximum Gasteiger partial charge on any atom is 0.226 e. The number of hydrogen-bond acceptors (Lipinski definition) is 1. The number of carbonyl (C=O) groups is 1. The average molecular weight is 277 g/mol. The molecule has 0 spiro atoms.